The maximum absolute atomic E-state index is 12.3. The number of amides is 2. The van der Waals surface area contributed by atoms with Gasteiger partial charge in [0, 0.05) is 23.6 Å². The van der Waals surface area contributed by atoms with Crippen LogP contribution in [0, 0.1) is 0 Å². The number of aryl methyl sites for hydroxylation is 1. The van der Waals surface area contributed by atoms with Crippen molar-refractivity contribution in [2.45, 2.75) is 51.0 Å². The summed E-state index contributed by atoms with van der Waals surface area (Å²) in [5.41, 5.74) is 9.30. The van der Waals surface area contributed by atoms with Crippen LogP contribution in [-0.2, 0) is 26.0 Å². The topological polar surface area (TPSA) is 132 Å². The Hall–Kier alpha value is -3.50. The van der Waals surface area contributed by atoms with Gasteiger partial charge in [-0.3, -0.25) is 9.59 Å². The van der Waals surface area contributed by atoms with E-state index in [-0.39, 0.29) is 12.3 Å². The molecule has 1 aliphatic heterocycles. The van der Waals surface area contributed by atoms with E-state index in [1.54, 1.807) is 7.11 Å². The number of nitrogens with one attached hydrogen (secondary N) is 1. The molecule has 3 aromatic rings. The van der Waals surface area contributed by atoms with Crippen molar-refractivity contribution in [3.05, 3.63) is 60.2 Å². The number of primary amides is 1. The maximum atomic E-state index is 12.3. The zero-order valence-electron chi connectivity index (χ0n) is 22.3. The van der Waals surface area contributed by atoms with E-state index >= 15 is 0 Å². The predicted molar refractivity (Wildman–Crippen MR) is 152 cm³/mol. The summed E-state index contributed by atoms with van der Waals surface area (Å²) in [7, 11) is -1.91. The molecule has 0 aliphatic carbocycles. The van der Waals surface area contributed by atoms with Crippen LogP contribution in [0.5, 0.6) is 5.75 Å². The van der Waals surface area contributed by atoms with Gasteiger partial charge in [0.15, 0.2) is 0 Å². The number of unbranched alkanes of at least 4 members (excludes halogenated alkanes) is 3. The van der Waals surface area contributed by atoms with E-state index in [0.717, 1.165) is 53.6 Å². The molecule has 1 fully saturated rings. The summed E-state index contributed by atoms with van der Waals surface area (Å²) in [6.07, 6.45) is 5.17. The van der Waals surface area contributed by atoms with E-state index in [4.69, 9.17) is 15.5 Å². The summed E-state index contributed by atoms with van der Waals surface area (Å²) in [6.45, 7) is 0.0721. The largest absolute Gasteiger partial charge is 0.496 e. The third-order valence-electron chi connectivity index (χ3n) is 7.10. The summed E-state index contributed by atoms with van der Waals surface area (Å²) in [5.74, 6) is -0.229. The third kappa shape index (κ3) is 7.54. The molecule has 0 unspecified atom stereocenters. The number of aromatic nitrogens is 1. The lowest BCUT2D eigenvalue weighted by atomic mass is 10.0. The number of nitrogens with two attached hydrogens (primary N) is 1. The van der Waals surface area contributed by atoms with Crippen molar-refractivity contribution in [3.8, 4) is 17.0 Å². The molecular formula is C29H36N4O5S. The molecule has 0 saturated carbocycles. The Morgan fingerprint density at radius 3 is 2.59 bits per heavy atom. The van der Waals surface area contributed by atoms with E-state index in [0.29, 0.717) is 25.8 Å². The summed E-state index contributed by atoms with van der Waals surface area (Å²) in [6, 6.07) is 17.5. The van der Waals surface area contributed by atoms with Gasteiger partial charge < -0.3 is 15.4 Å². The molecule has 208 valence electrons. The van der Waals surface area contributed by atoms with E-state index < -0.39 is 27.9 Å². The lowest BCUT2D eigenvalue weighted by molar-refractivity contribution is -0.136. The first-order chi connectivity index (χ1) is 18.8. The van der Waals surface area contributed by atoms with Gasteiger partial charge in [0.2, 0.25) is 21.8 Å². The number of likely N-dealkylation sites (tertiary alicyclic amines) is 1. The van der Waals surface area contributed by atoms with Crippen LogP contribution in [0.1, 0.15) is 44.1 Å². The van der Waals surface area contributed by atoms with Crippen LogP contribution in [0.15, 0.2) is 54.6 Å². The van der Waals surface area contributed by atoms with Gasteiger partial charge in [0.25, 0.3) is 0 Å². The molecule has 0 bridgehead atoms. The highest BCUT2D eigenvalue weighted by atomic mass is 32.2. The van der Waals surface area contributed by atoms with Crippen LogP contribution in [0.25, 0.3) is 22.2 Å². The van der Waals surface area contributed by atoms with Crippen molar-refractivity contribution in [2.75, 3.05) is 26.0 Å². The van der Waals surface area contributed by atoms with E-state index in [1.807, 2.05) is 42.5 Å². The molecular weight excluding hydrogens is 516 g/mol. The number of ether oxygens (including phenoxy) is 1. The molecule has 2 heterocycles. The Morgan fingerprint density at radius 2 is 1.85 bits per heavy atom. The number of hydrogen-bond donors (Lipinski definition) is 2. The Morgan fingerprint density at radius 1 is 1.08 bits per heavy atom. The number of fused-ring (bicyclic) bond motifs is 1. The second-order valence-electron chi connectivity index (χ2n) is 9.88. The Balaban J connectivity index is 1.22. The lowest BCUT2D eigenvalue weighted by Gasteiger charge is -2.22. The molecule has 1 saturated heterocycles. The smallest absolute Gasteiger partial charge is 0.240 e. The molecule has 4 rings (SSSR count). The predicted octanol–water partition coefficient (Wildman–Crippen LogP) is 3.41. The van der Waals surface area contributed by atoms with Gasteiger partial charge >= 0.3 is 0 Å². The van der Waals surface area contributed by atoms with Crippen LogP contribution >= 0.6 is 0 Å². The van der Waals surface area contributed by atoms with Gasteiger partial charge in [-0.15, -0.1) is 0 Å². The Bertz CT molecular complexity index is 1410. The summed E-state index contributed by atoms with van der Waals surface area (Å²) in [5, 5.41) is 0.970. The fourth-order valence-corrected chi connectivity index (χ4v) is 6.08. The summed E-state index contributed by atoms with van der Waals surface area (Å²) < 4.78 is 32.7. The van der Waals surface area contributed by atoms with Crippen molar-refractivity contribution >= 4 is 32.7 Å². The minimum absolute atomic E-state index is 0.0396. The number of pyridine rings is 1. The molecule has 0 radical (unpaired) electrons. The first kappa shape index (κ1) is 28.5. The Kier molecular flexibility index (Phi) is 9.53. The first-order valence-electron chi connectivity index (χ1n) is 13.4. The van der Waals surface area contributed by atoms with Gasteiger partial charge in [-0.25, -0.2) is 18.1 Å². The monoisotopic (exact) mass is 552 g/mol. The SMILES string of the molecule is COc1cc(-c2ccccc2)nc2ccc(CCCCCCS(=O)(=O)NCC(=O)N3CCC[C@H]3C(N)=O)cc12. The maximum Gasteiger partial charge on any atom is 0.240 e. The minimum Gasteiger partial charge on any atom is -0.496 e. The second kappa shape index (κ2) is 13.0. The number of sulfonamides is 1. The number of hydrogen-bond acceptors (Lipinski definition) is 6. The zero-order chi connectivity index (χ0) is 27.8. The molecule has 1 atom stereocenters. The van der Waals surface area contributed by atoms with E-state index in [9.17, 15) is 18.0 Å². The standard InChI is InChI=1S/C29H36N4O5S/c1-38-27-19-25(22-11-6-4-7-12-22)32-24-15-14-21(18-23(24)27)10-5-2-3-8-17-39(36,37)31-20-28(34)33-16-9-13-26(33)29(30)35/h4,6-7,11-12,14-15,18-19,26,31H,2-3,5,8-10,13,16-17,20H2,1H3,(H2,30,35)/t26-/m0/s1. The molecule has 1 aromatic heterocycles. The molecule has 9 nitrogen and oxygen atoms in total. The molecule has 2 amide bonds. The lowest BCUT2D eigenvalue weighted by Crippen LogP contribution is -2.47. The van der Waals surface area contributed by atoms with Crippen LogP contribution in [0.2, 0.25) is 0 Å². The van der Waals surface area contributed by atoms with Crippen molar-refractivity contribution < 1.29 is 22.7 Å². The van der Waals surface area contributed by atoms with E-state index in [1.165, 1.54) is 10.5 Å². The molecule has 3 N–H and O–H groups in total. The first-order valence-corrected chi connectivity index (χ1v) is 15.0. The quantitative estimate of drug-likeness (QED) is 0.313. The third-order valence-corrected chi connectivity index (χ3v) is 8.51. The average Bonchev–Trinajstić information content (AvgIpc) is 3.44. The highest BCUT2D eigenvalue weighted by Gasteiger charge is 2.32. The van der Waals surface area contributed by atoms with Crippen molar-refractivity contribution in [3.63, 3.8) is 0 Å². The van der Waals surface area contributed by atoms with Gasteiger partial charge in [0.1, 0.15) is 11.8 Å². The Labute approximate surface area is 229 Å². The average molecular weight is 553 g/mol. The molecule has 2 aromatic carbocycles. The van der Waals surface area contributed by atoms with Crippen molar-refractivity contribution in [1.29, 1.82) is 0 Å². The van der Waals surface area contributed by atoms with Crippen LogP contribution in [0.4, 0.5) is 0 Å². The molecule has 39 heavy (non-hydrogen) atoms. The van der Waals surface area contributed by atoms with Crippen LogP contribution in [-0.4, -0.2) is 62.1 Å². The van der Waals surface area contributed by atoms with E-state index in [2.05, 4.69) is 16.9 Å². The number of carbonyl (C=O) groups is 2. The van der Waals surface area contributed by atoms with Crippen molar-refractivity contribution in [1.82, 2.24) is 14.6 Å². The van der Waals surface area contributed by atoms with Gasteiger partial charge in [-0.1, -0.05) is 49.2 Å². The van der Waals surface area contributed by atoms with Gasteiger partial charge in [0.05, 0.1) is 30.6 Å². The zero-order valence-corrected chi connectivity index (χ0v) is 23.1. The van der Waals surface area contributed by atoms with Gasteiger partial charge in [-0.05, 0) is 49.8 Å². The van der Waals surface area contributed by atoms with Crippen molar-refractivity contribution in [2.24, 2.45) is 5.73 Å². The fraction of sp³-hybridized carbons (Fsp3) is 0.414. The number of rotatable bonds is 13. The minimum atomic E-state index is -3.57. The normalized spacial score (nSPS) is 15.5. The molecule has 1 aliphatic rings. The summed E-state index contributed by atoms with van der Waals surface area (Å²) in [4.78, 5) is 30.0. The van der Waals surface area contributed by atoms with Crippen LogP contribution < -0.4 is 15.2 Å². The fourth-order valence-electron chi connectivity index (χ4n) is 5.00. The second-order valence-corrected chi connectivity index (χ2v) is 11.8. The number of benzene rings is 2. The number of nitrogens with zero attached hydrogens (tertiary/aromatic N) is 2. The summed E-state index contributed by atoms with van der Waals surface area (Å²) >= 11 is 0. The number of methoxy groups -OCH3 is 1. The molecule has 10 heteroatoms. The highest BCUT2D eigenvalue weighted by Crippen LogP contribution is 2.31. The molecule has 0 spiro atoms. The van der Waals surface area contributed by atoms with Gasteiger partial charge in [-0.2, -0.15) is 0 Å². The highest BCUT2D eigenvalue weighted by molar-refractivity contribution is 7.89. The number of carbonyl (C=O) groups excluding carboxylic acids is 2. The van der Waals surface area contributed by atoms with Crippen LogP contribution in [0.3, 0.4) is 0 Å².